The summed E-state index contributed by atoms with van der Waals surface area (Å²) in [6.07, 6.45) is 1.93. The number of carbonyl (C=O) groups is 1. The summed E-state index contributed by atoms with van der Waals surface area (Å²) in [5, 5.41) is 0.749. The van der Waals surface area contributed by atoms with Gasteiger partial charge in [-0.3, -0.25) is 9.78 Å². The zero-order valence-corrected chi connectivity index (χ0v) is 11.3. The summed E-state index contributed by atoms with van der Waals surface area (Å²) in [6, 6.07) is 8.78. The van der Waals surface area contributed by atoms with Crippen LogP contribution in [0.4, 0.5) is 0 Å². The van der Waals surface area contributed by atoms with E-state index in [1.54, 1.807) is 24.4 Å². The van der Waals surface area contributed by atoms with Gasteiger partial charge in [-0.25, -0.2) is 0 Å². The lowest BCUT2D eigenvalue weighted by atomic mass is 10.1. The summed E-state index contributed by atoms with van der Waals surface area (Å²) in [7, 11) is 0. The molecular weight excluding hydrogens is 269 g/mol. The Labute approximate surface area is 116 Å². The average Bonchev–Trinajstić information content (AvgIpc) is 2.32. The Kier molecular flexibility index (Phi) is 4.00. The lowest BCUT2D eigenvalue weighted by Crippen LogP contribution is -2.06. The smallest absolute Gasteiger partial charge is 0.171 e. The van der Waals surface area contributed by atoms with Crippen LogP contribution in [0.2, 0.25) is 10.0 Å². The van der Waals surface area contributed by atoms with Gasteiger partial charge in [-0.15, -0.1) is 0 Å². The number of hydrogen-bond donors (Lipinski definition) is 0. The fourth-order valence-electron chi connectivity index (χ4n) is 1.62. The monoisotopic (exact) mass is 279 g/mol. The van der Waals surface area contributed by atoms with Gasteiger partial charge in [-0.05, 0) is 30.7 Å². The first-order valence-corrected chi connectivity index (χ1v) is 6.22. The summed E-state index contributed by atoms with van der Waals surface area (Å²) in [4.78, 5) is 16.3. The maximum atomic E-state index is 12.1. The first-order chi connectivity index (χ1) is 8.58. The van der Waals surface area contributed by atoms with Gasteiger partial charge in [-0.1, -0.05) is 35.3 Å². The lowest BCUT2D eigenvalue weighted by molar-refractivity contribution is 0.0992. The van der Waals surface area contributed by atoms with Gasteiger partial charge >= 0.3 is 0 Å². The summed E-state index contributed by atoms with van der Waals surface area (Å²) in [6.45, 7) is 1.95. The van der Waals surface area contributed by atoms with Gasteiger partial charge in [-0.2, -0.15) is 0 Å². The maximum Gasteiger partial charge on any atom is 0.171 e. The van der Waals surface area contributed by atoms with E-state index < -0.39 is 0 Å². The Hall–Kier alpha value is -1.38. The molecule has 18 heavy (non-hydrogen) atoms. The van der Waals surface area contributed by atoms with Gasteiger partial charge in [0.25, 0.3) is 0 Å². The molecule has 0 N–H and O–H groups in total. The molecule has 0 bridgehead atoms. The molecule has 0 fully saturated rings. The second-order valence-electron chi connectivity index (χ2n) is 4.02. The second-order valence-corrected chi connectivity index (χ2v) is 4.84. The van der Waals surface area contributed by atoms with Crippen molar-refractivity contribution in [2.45, 2.75) is 13.3 Å². The largest absolute Gasteiger partial charge is 0.294 e. The molecule has 2 rings (SSSR count). The molecular formula is C14H11Cl2NO. The highest BCUT2D eigenvalue weighted by atomic mass is 35.5. The first kappa shape index (κ1) is 13.1. The topological polar surface area (TPSA) is 30.0 Å². The van der Waals surface area contributed by atoms with Gasteiger partial charge in [0.05, 0.1) is 22.0 Å². The van der Waals surface area contributed by atoms with Crippen molar-refractivity contribution in [1.29, 1.82) is 0 Å². The minimum Gasteiger partial charge on any atom is -0.294 e. The highest BCUT2D eigenvalue weighted by molar-refractivity contribution is 6.39. The van der Waals surface area contributed by atoms with E-state index in [9.17, 15) is 4.79 Å². The van der Waals surface area contributed by atoms with Crippen LogP contribution < -0.4 is 0 Å². The molecule has 0 spiro atoms. The molecule has 0 aliphatic rings. The number of nitrogens with zero attached hydrogens (tertiary/aromatic N) is 1. The summed E-state index contributed by atoms with van der Waals surface area (Å²) >= 11 is 12.0. The van der Waals surface area contributed by atoms with Crippen LogP contribution in [0.15, 0.2) is 36.5 Å². The first-order valence-electron chi connectivity index (χ1n) is 5.46. The predicted molar refractivity (Wildman–Crippen MR) is 73.5 cm³/mol. The quantitative estimate of drug-likeness (QED) is 0.791. The van der Waals surface area contributed by atoms with Crippen molar-refractivity contribution in [2.75, 3.05) is 0 Å². The number of halogens is 2. The van der Waals surface area contributed by atoms with Crippen molar-refractivity contribution in [3.63, 3.8) is 0 Å². The Morgan fingerprint density at radius 3 is 2.39 bits per heavy atom. The zero-order chi connectivity index (χ0) is 13.1. The van der Waals surface area contributed by atoms with E-state index in [1.165, 1.54) is 0 Å². The van der Waals surface area contributed by atoms with E-state index in [2.05, 4.69) is 4.98 Å². The van der Waals surface area contributed by atoms with Crippen molar-refractivity contribution in [2.24, 2.45) is 0 Å². The number of aryl methyl sites for hydroxylation is 1. The fraction of sp³-hybridized carbons (Fsp3) is 0.143. The number of aromatic nitrogens is 1. The van der Waals surface area contributed by atoms with Crippen LogP contribution in [-0.2, 0) is 6.42 Å². The van der Waals surface area contributed by atoms with Crippen LogP contribution in [0.5, 0.6) is 0 Å². The molecule has 0 unspecified atom stereocenters. The lowest BCUT2D eigenvalue weighted by Gasteiger charge is -2.05. The van der Waals surface area contributed by atoms with Gasteiger partial charge in [0.1, 0.15) is 0 Å². The van der Waals surface area contributed by atoms with Crippen molar-refractivity contribution < 1.29 is 4.79 Å². The molecule has 0 aliphatic carbocycles. The summed E-state index contributed by atoms with van der Waals surface area (Å²) in [5.41, 5.74) is 2.13. The predicted octanol–water partition coefficient (Wildman–Crippen LogP) is 4.12. The molecule has 0 saturated carbocycles. The molecule has 4 heteroatoms. The molecule has 1 aromatic heterocycles. The second kappa shape index (κ2) is 5.51. The van der Waals surface area contributed by atoms with Gasteiger partial charge in [0.2, 0.25) is 0 Å². The number of benzene rings is 1. The van der Waals surface area contributed by atoms with Crippen LogP contribution in [0.3, 0.4) is 0 Å². The minimum absolute atomic E-state index is 0.123. The molecule has 0 radical (unpaired) electrons. The van der Waals surface area contributed by atoms with Crippen molar-refractivity contribution in [3.05, 3.63) is 63.4 Å². The highest BCUT2D eigenvalue weighted by Gasteiger charge is 2.15. The van der Waals surface area contributed by atoms with Crippen molar-refractivity contribution >= 4 is 29.0 Å². The third kappa shape index (κ3) is 2.89. The molecule has 0 aliphatic heterocycles. The molecule has 0 atom stereocenters. The average molecular weight is 280 g/mol. The Bertz CT molecular complexity index is 559. The number of rotatable bonds is 3. The third-order valence-electron chi connectivity index (χ3n) is 2.56. The SMILES string of the molecule is Cc1ccc(CC(=O)c2c(Cl)cccc2Cl)nc1. The van der Waals surface area contributed by atoms with Gasteiger partial charge < -0.3 is 0 Å². The van der Waals surface area contributed by atoms with E-state index in [0.717, 1.165) is 5.56 Å². The van der Waals surface area contributed by atoms with E-state index >= 15 is 0 Å². The molecule has 0 amide bonds. The molecule has 1 heterocycles. The van der Waals surface area contributed by atoms with Gasteiger partial charge in [0.15, 0.2) is 5.78 Å². The molecule has 2 aromatic rings. The Morgan fingerprint density at radius 2 is 1.83 bits per heavy atom. The van der Waals surface area contributed by atoms with Crippen molar-refractivity contribution in [3.8, 4) is 0 Å². The Balaban J connectivity index is 2.25. The third-order valence-corrected chi connectivity index (χ3v) is 3.19. The number of Topliss-reactive ketones (excluding diaryl/α,β-unsaturated/α-hetero) is 1. The number of pyridine rings is 1. The summed E-state index contributed by atoms with van der Waals surface area (Å²) in [5.74, 6) is -0.123. The number of hydrogen-bond acceptors (Lipinski definition) is 2. The molecule has 0 saturated heterocycles. The van der Waals surface area contributed by atoms with Crippen LogP contribution in [0, 0.1) is 6.92 Å². The van der Waals surface area contributed by atoms with E-state index in [0.29, 0.717) is 21.3 Å². The van der Waals surface area contributed by atoms with Crippen LogP contribution in [0.25, 0.3) is 0 Å². The summed E-state index contributed by atoms with van der Waals surface area (Å²) < 4.78 is 0. The highest BCUT2D eigenvalue weighted by Crippen LogP contribution is 2.25. The maximum absolute atomic E-state index is 12.1. The van der Waals surface area contributed by atoms with Crippen molar-refractivity contribution in [1.82, 2.24) is 4.98 Å². The normalized spacial score (nSPS) is 10.4. The van der Waals surface area contributed by atoms with E-state index in [1.807, 2.05) is 19.1 Å². The number of carbonyl (C=O) groups excluding carboxylic acids is 1. The Morgan fingerprint density at radius 1 is 1.17 bits per heavy atom. The van der Waals surface area contributed by atoms with Gasteiger partial charge in [0, 0.05) is 11.9 Å². The molecule has 1 aromatic carbocycles. The standard InChI is InChI=1S/C14H11Cl2NO/c1-9-5-6-10(17-8-9)7-13(18)14-11(15)3-2-4-12(14)16/h2-6,8H,7H2,1H3. The van der Waals surface area contributed by atoms with E-state index in [-0.39, 0.29) is 12.2 Å². The fourth-order valence-corrected chi connectivity index (χ4v) is 2.23. The molecule has 2 nitrogen and oxygen atoms in total. The zero-order valence-electron chi connectivity index (χ0n) is 9.78. The minimum atomic E-state index is -0.123. The van der Waals surface area contributed by atoms with Crippen LogP contribution >= 0.6 is 23.2 Å². The molecule has 92 valence electrons. The van der Waals surface area contributed by atoms with E-state index in [4.69, 9.17) is 23.2 Å². The van der Waals surface area contributed by atoms with Crippen LogP contribution in [0.1, 0.15) is 21.6 Å². The van der Waals surface area contributed by atoms with Crippen LogP contribution in [-0.4, -0.2) is 10.8 Å². The number of ketones is 1.